The number of fused-ring (bicyclic) bond motifs is 1. The maximum atomic E-state index is 14.3. The highest BCUT2D eigenvalue weighted by Crippen LogP contribution is 2.31. The maximum Gasteiger partial charge on any atom is 0.178 e. The molecule has 0 saturated carbocycles. The van der Waals surface area contributed by atoms with Crippen LogP contribution in [0.25, 0.3) is 10.2 Å². The molecule has 1 heterocycles. The van der Waals surface area contributed by atoms with Crippen molar-refractivity contribution < 1.29 is 8.78 Å². The molecule has 1 N–H and O–H groups in total. The lowest BCUT2D eigenvalue weighted by Gasteiger charge is -2.18. The predicted octanol–water partition coefficient (Wildman–Crippen LogP) is 4.42. The largest absolute Gasteiger partial charge is 0.326 e. The summed E-state index contributed by atoms with van der Waals surface area (Å²) in [6, 6.07) is 1.27. The lowest BCUT2D eigenvalue weighted by Crippen LogP contribution is -2.34. The van der Waals surface area contributed by atoms with Crippen molar-refractivity contribution in [3.05, 3.63) is 35.5 Å². The second kappa shape index (κ2) is 8.12. The van der Waals surface area contributed by atoms with E-state index < -0.39 is 11.6 Å². The summed E-state index contributed by atoms with van der Waals surface area (Å²) < 4.78 is 28.8. The van der Waals surface area contributed by atoms with Gasteiger partial charge in [0.2, 0.25) is 0 Å². The van der Waals surface area contributed by atoms with Gasteiger partial charge in [0.05, 0.1) is 10.2 Å². The fraction of sp³-hybridized carbons (Fsp3) is 0.375. The first-order valence-corrected chi connectivity index (χ1v) is 8.38. The summed E-state index contributed by atoms with van der Waals surface area (Å²) in [4.78, 5) is 7.96. The Morgan fingerprint density at radius 2 is 2.22 bits per heavy atom. The molecule has 7 heteroatoms. The van der Waals surface area contributed by atoms with Crippen molar-refractivity contribution in [1.82, 2.24) is 15.4 Å². The van der Waals surface area contributed by atoms with Gasteiger partial charge in [0.15, 0.2) is 11.6 Å². The number of hydrogen-bond donors (Lipinski definition) is 1. The quantitative estimate of drug-likeness (QED) is 0.600. The van der Waals surface area contributed by atoms with Crippen LogP contribution in [0, 0.1) is 11.6 Å². The molecule has 0 amide bonds. The fourth-order valence-electron chi connectivity index (χ4n) is 2.09. The van der Waals surface area contributed by atoms with E-state index in [0.717, 1.165) is 19.5 Å². The van der Waals surface area contributed by atoms with Crippen molar-refractivity contribution >= 4 is 33.0 Å². The van der Waals surface area contributed by atoms with Gasteiger partial charge < -0.3 is 5.43 Å². The molecule has 2 rings (SSSR count). The van der Waals surface area contributed by atoms with Crippen LogP contribution < -0.4 is 5.43 Å². The van der Waals surface area contributed by atoms with E-state index in [1.165, 1.54) is 22.9 Å². The lowest BCUT2D eigenvalue weighted by molar-refractivity contribution is 0.234. The Labute approximate surface area is 138 Å². The molecule has 0 spiro atoms. The minimum Gasteiger partial charge on any atom is -0.326 e. The van der Waals surface area contributed by atoms with Gasteiger partial charge in [-0.25, -0.2) is 23.8 Å². The van der Waals surface area contributed by atoms with E-state index in [2.05, 4.69) is 22.3 Å². The number of nitrogens with one attached hydrogen (secondary N) is 1. The molecule has 4 nitrogen and oxygen atoms in total. The summed E-state index contributed by atoms with van der Waals surface area (Å²) in [5.74, 6) is -1.40. The summed E-state index contributed by atoms with van der Waals surface area (Å²) in [5, 5.41) is 2.03. The summed E-state index contributed by atoms with van der Waals surface area (Å²) >= 11 is 1.20. The number of benzene rings is 1. The standard InChI is InChI=1S/C16H20F2N4S/c1-4-8-22(5-2)20-7-6-11(3)21-15-12(17)9-13-16(14(15)18)19-10-23-13/h6-7,9-10,20H,4-5,8H2,1-3H3. The molecule has 0 atom stereocenters. The summed E-state index contributed by atoms with van der Waals surface area (Å²) in [6.45, 7) is 7.61. The summed E-state index contributed by atoms with van der Waals surface area (Å²) in [6.07, 6.45) is 4.43. The van der Waals surface area contributed by atoms with Gasteiger partial charge in [-0.1, -0.05) is 13.8 Å². The van der Waals surface area contributed by atoms with Crippen LogP contribution in [0.4, 0.5) is 14.5 Å². The van der Waals surface area contributed by atoms with Crippen LogP contribution in [0.5, 0.6) is 0 Å². The second-order valence-corrected chi connectivity index (χ2v) is 5.90. The third-order valence-electron chi connectivity index (χ3n) is 3.24. The van der Waals surface area contributed by atoms with Crippen LogP contribution in [0.15, 0.2) is 28.8 Å². The van der Waals surface area contributed by atoms with Gasteiger partial charge in [0.25, 0.3) is 0 Å². The smallest absolute Gasteiger partial charge is 0.178 e. The number of aliphatic imine (C=N–C) groups is 1. The highest BCUT2D eigenvalue weighted by Gasteiger charge is 2.15. The normalized spacial score (nSPS) is 12.7. The number of nitrogens with zero attached hydrogens (tertiary/aromatic N) is 3. The van der Waals surface area contributed by atoms with Gasteiger partial charge in [-0.15, -0.1) is 11.3 Å². The Kier molecular flexibility index (Phi) is 6.18. The SMILES string of the molecule is CCCN(CC)NC=CC(C)=Nc1c(F)cc2scnc2c1F. The number of rotatable bonds is 7. The number of allylic oxidation sites excluding steroid dienone is 1. The minimum absolute atomic E-state index is 0.158. The van der Waals surface area contributed by atoms with Gasteiger partial charge in [-0.2, -0.15) is 0 Å². The summed E-state index contributed by atoms with van der Waals surface area (Å²) in [5.41, 5.74) is 4.96. The third kappa shape index (κ3) is 4.33. The first-order valence-electron chi connectivity index (χ1n) is 7.51. The third-order valence-corrected chi connectivity index (χ3v) is 4.02. The van der Waals surface area contributed by atoms with E-state index in [9.17, 15) is 8.78 Å². The predicted molar refractivity (Wildman–Crippen MR) is 92.1 cm³/mol. The molecule has 1 aromatic heterocycles. The molecule has 0 radical (unpaired) electrons. The minimum atomic E-state index is -0.719. The average molecular weight is 338 g/mol. The highest BCUT2D eigenvalue weighted by atomic mass is 32.1. The second-order valence-electron chi connectivity index (χ2n) is 5.02. The molecule has 0 saturated heterocycles. The Morgan fingerprint density at radius 3 is 2.91 bits per heavy atom. The number of halogens is 2. The van der Waals surface area contributed by atoms with E-state index in [0.29, 0.717) is 10.4 Å². The van der Waals surface area contributed by atoms with Crippen LogP contribution in [-0.4, -0.2) is 28.8 Å². The van der Waals surface area contributed by atoms with Crippen LogP contribution in [0.2, 0.25) is 0 Å². The van der Waals surface area contributed by atoms with Gasteiger partial charge in [0.1, 0.15) is 11.2 Å². The molecule has 1 aromatic carbocycles. The first kappa shape index (κ1) is 17.5. The average Bonchev–Trinajstić information content (AvgIpc) is 2.99. The van der Waals surface area contributed by atoms with Crippen LogP contribution in [0.3, 0.4) is 0 Å². The Hall–Kier alpha value is -1.86. The fourth-order valence-corrected chi connectivity index (χ4v) is 2.78. The van der Waals surface area contributed by atoms with Crippen molar-refractivity contribution in [3.8, 4) is 0 Å². The van der Waals surface area contributed by atoms with E-state index in [-0.39, 0.29) is 11.2 Å². The molecule has 23 heavy (non-hydrogen) atoms. The molecule has 0 aliphatic carbocycles. The zero-order valence-electron chi connectivity index (χ0n) is 13.4. The van der Waals surface area contributed by atoms with E-state index in [4.69, 9.17) is 0 Å². The number of hydrogen-bond acceptors (Lipinski definition) is 5. The molecule has 0 aliphatic rings. The van der Waals surface area contributed by atoms with Crippen molar-refractivity contribution in [3.63, 3.8) is 0 Å². The van der Waals surface area contributed by atoms with Crippen LogP contribution in [0.1, 0.15) is 27.2 Å². The lowest BCUT2D eigenvalue weighted by atomic mass is 10.2. The van der Waals surface area contributed by atoms with Crippen molar-refractivity contribution in [2.75, 3.05) is 13.1 Å². The van der Waals surface area contributed by atoms with E-state index in [1.807, 2.05) is 11.9 Å². The highest BCUT2D eigenvalue weighted by molar-refractivity contribution is 7.16. The Morgan fingerprint density at radius 1 is 1.43 bits per heavy atom. The molecular formula is C16H20F2N4S. The molecule has 2 aromatic rings. The van der Waals surface area contributed by atoms with Crippen LogP contribution in [-0.2, 0) is 0 Å². The van der Waals surface area contributed by atoms with E-state index >= 15 is 0 Å². The topological polar surface area (TPSA) is 40.5 Å². The monoisotopic (exact) mass is 338 g/mol. The van der Waals surface area contributed by atoms with Crippen molar-refractivity contribution in [2.45, 2.75) is 27.2 Å². The van der Waals surface area contributed by atoms with Gasteiger partial charge in [0, 0.05) is 25.0 Å². The number of hydrazine groups is 1. The van der Waals surface area contributed by atoms with Gasteiger partial charge in [-0.3, -0.25) is 0 Å². The molecular weight excluding hydrogens is 318 g/mol. The molecule has 0 fully saturated rings. The van der Waals surface area contributed by atoms with Crippen molar-refractivity contribution in [1.29, 1.82) is 0 Å². The van der Waals surface area contributed by atoms with Gasteiger partial charge in [-0.05, 0) is 25.5 Å². The number of thiazole rings is 1. The zero-order chi connectivity index (χ0) is 16.8. The molecule has 124 valence electrons. The van der Waals surface area contributed by atoms with E-state index in [1.54, 1.807) is 19.2 Å². The number of aromatic nitrogens is 1. The van der Waals surface area contributed by atoms with Crippen LogP contribution >= 0.6 is 11.3 Å². The Bertz CT molecular complexity index is 724. The van der Waals surface area contributed by atoms with Gasteiger partial charge >= 0.3 is 0 Å². The molecule has 0 bridgehead atoms. The molecule has 0 unspecified atom stereocenters. The van der Waals surface area contributed by atoms with Crippen molar-refractivity contribution in [2.24, 2.45) is 4.99 Å². The zero-order valence-corrected chi connectivity index (χ0v) is 14.3. The first-order chi connectivity index (χ1) is 11.1. The Balaban J connectivity index is 2.17. The maximum absolute atomic E-state index is 14.3. The summed E-state index contributed by atoms with van der Waals surface area (Å²) in [7, 11) is 0. The molecule has 0 aliphatic heterocycles.